The van der Waals surface area contributed by atoms with Crippen LogP contribution in [-0.4, -0.2) is 61.5 Å². The Morgan fingerprint density at radius 1 is 1.03 bits per heavy atom. The molecule has 0 fully saturated rings. The molecule has 2 heterocycles. The minimum atomic E-state index is -4.15. The number of amides is 1. The van der Waals surface area contributed by atoms with Crippen molar-refractivity contribution in [1.29, 1.82) is 0 Å². The summed E-state index contributed by atoms with van der Waals surface area (Å²) in [4.78, 5) is 40.1. The lowest BCUT2D eigenvalue weighted by Gasteiger charge is -2.16. The standard InChI is InChI=1S/C25H30N6O7S/c26-25(27)28-13-5-2-6-14-38-18-11-9-17-10-12-20(23(33)31(17)16-18)22(32)29-15-21(24(34)35)30-39(36,37)19-7-3-1-4-8-19/h1,3-4,7-12,16,21,30H,2,5-6,13-15H2,(H,29,32)(H,34,35)(H4,26,27,28)/p+1. The number of hydrogen-bond donors (Lipinski definition) is 6. The molecular formula is C25H31N6O7S+. The van der Waals surface area contributed by atoms with Crippen LogP contribution in [0.25, 0.3) is 5.52 Å². The van der Waals surface area contributed by atoms with Crippen LogP contribution in [0, 0.1) is 0 Å². The molecule has 1 amide bonds. The number of nitrogens with two attached hydrogens (primary N) is 2. The van der Waals surface area contributed by atoms with E-state index >= 15 is 0 Å². The molecule has 208 valence electrons. The lowest BCUT2D eigenvalue weighted by molar-refractivity contribution is -0.459. The van der Waals surface area contributed by atoms with Crippen LogP contribution in [0.5, 0.6) is 5.75 Å². The molecule has 0 aliphatic carbocycles. The molecule has 14 heteroatoms. The summed E-state index contributed by atoms with van der Waals surface area (Å²) in [5.41, 5.74) is 10.3. The molecule has 39 heavy (non-hydrogen) atoms. The van der Waals surface area contributed by atoms with Crippen LogP contribution in [0.2, 0.25) is 0 Å². The minimum Gasteiger partial charge on any atom is -0.492 e. The number of aromatic nitrogens is 1. The van der Waals surface area contributed by atoms with E-state index in [0.717, 1.165) is 19.3 Å². The van der Waals surface area contributed by atoms with E-state index in [4.69, 9.17) is 16.2 Å². The van der Waals surface area contributed by atoms with Crippen molar-refractivity contribution in [1.82, 2.24) is 14.4 Å². The Labute approximate surface area is 224 Å². The number of fused-ring (bicyclic) bond motifs is 1. The third-order valence-electron chi connectivity index (χ3n) is 5.60. The Balaban J connectivity index is 1.64. The normalized spacial score (nSPS) is 12.0. The molecule has 0 spiro atoms. The highest BCUT2D eigenvalue weighted by Crippen LogP contribution is 2.13. The van der Waals surface area contributed by atoms with E-state index in [1.54, 1.807) is 24.3 Å². The van der Waals surface area contributed by atoms with Crippen LogP contribution >= 0.6 is 0 Å². The number of hydrogen-bond acceptors (Lipinski definition) is 6. The van der Waals surface area contributed by atoms with Gasteiger partial charge in [-0.3, -0.25) is 35.2 Å². The summed E-state index contributed by atoms with van der Waals surface area (Å²) >= 11 is 0. The number of aliphatic carboxylic acids is 1. The molecule has 1 atom stereocenters. The lowest BCUT2D eigenvalue weighted by Crippen LogP contribution is -2.78. The molecule has 1 aromatic carbocycles. The molecule has 1 unspecified atom stereocenters. The van der Waals surface area contributed by atoms with Crippen LogP contribution in [0.4, 0.5) is 0 Å². The first-order valence-electron chi connectivity index (χ1n) is 12.1. The Hall–Kier alpha value is -4.43. The van der Waals surface area contributed by atoms with Crippen molar-refractivity contribution in [3.05, 3.63) is 76.7 Å². The Morgan fingerprint density at radius 3 is 2.44 bits per heavy atom. The van der Waals surface area contributed by atoms with Gasteiger partial charge in [0.2, 0.25) is 10.0 Å². The maximum absolute atomic E-state index is 13.0. The minimum absolute atomic E-state index is 0.124. The molecule has 3 aromatic rings. The summed E-state index contributed by atoms with van der Waals surface area (Å²) in [5.74, 6) is -1.74. The van der Waals surface area contributed by atoms with Crippen LogP contribution in [0.15, 0.2) is 70.5 Å². The topological polar surface area (TPSA) is 209 Å². The number of carbonyl (C=O) groups excluding carboxylic acids is 1. The number of nitrogens with one attached hydrogen (secondary N) is 3. The summed E-state index contributed by atoms with van der Waals surface area (Å²) in [6.07, 6.45) is 3.96. The molecule has 8 N–H and O–H groups in total. The van der Waals surface area contributed by atoms with Gasteiger partial charge in [-0.15, -0.1) is 0 Å². The summed E-state index contributed by atoms with van der Waals surface area (Å²) in [6, 6.07) is 11.8. The van der Waals surface area contributed by atoms with Gasteiger partial charge in [-0.05, 0) is 55.7 Å². The molecule has 0 radical (unpaired) electrons. The predicted molar refractivity (Wildman–Crippen MR) is 143 cm³/mol. The van der Waals surface area contributed by atoms with Gasteiger partial charge in [-0.1, -0.05) is 18.2 Å². The molecule has 2 aromatic heterocycles. The Kier molecular flexibility index (Phi) is 10.0. The van der Waals surface area contributed by atoms with Crippen molar-refractivity contribution in [2.45, 2.75) is 30.2 Å². The van der Waals surface area contributed by atoms with Crippen molar-refractivity contribution in [3.8, 4) is 5.75 Å². The second kappa shape index (κ2) is 13.4. The fraction of sp³-hybridized carbons (Fsp3) is 0.280. The summed E-state index contributed by atoms with van der Waals surface area (Å²) in [7, 11) is -4.15. The highest BCUT2D eigenvalue weighted by Gasteiger charge is 2.26. The van der Waals surface area contributed by atoms with Gasteiger partial charge in [0.15, 0.2) is 0 Å². The van der Waals surface area contributed by atoms with Gasteiger partial charge in [0.05, 0.1) is 24.2 Å². The average Bonchev–Trinajstić information content (AvgIpc) is 2.91. The number of rotatable bonds is 14. The zero-order chi connectivity index (χ0) is 28.4. The molecule has 3 rings (SSSR count). The number of sulfonamides is 1. The van der Waals surface area contributed by atoms with Gasteiger partial charge in [0, 0.05) is 12.1 Å². The summed E-state index contributed by atoms with van der Waals surface area (Å²) < 4.78 is 34.0. The number of carboxylic acid groups (broad SMARTS) is 1. The maximum Gasteiger partial charge on any atom is 0.338 e. The number of nitrogens with zero attached hydrogens (tertiary/aromatic N) is 1. The van der Waals surface area contributed by atoms with E-state index in [0.29, 0.717) is 24.4 Å². The fourth-order valence-corrected chi connectivity index (χ4v) is 4.79. The first-order valence-corrected chi connectivity index (χ1v) is 13.5. The number of ether oxygens (including phenoxy) is 1. The van der Waals surface area contributed by atoms with Crippen LogP contribution in [0.3, 0.4) is 0 Å². The number of pyridine rings is 2. The van der Waals surface area contributed by atoms with Gasteiger partial charge in [0.1, 0.15) is 17.4 Å². The first kappa shape index (κ1) is 29.1. The van der Waals surface area contributed by atoms with Gasteiger partial charge in [-0.2, -0.15) is 4.72 Å². The van der Waals surface area contributed by atoms with Crippen LogP contribution < -0.4 is 36.8 Å². The van der Waals surface area contributed by atoms with Crippen molar-refractivity contribution in [3.63, 3.8) is 0 Å². The highest BCUT2D eigenvalue weighted by molar-refractivity contribution is 7.89. The quantitative estimate of drug-likeness (QED) is 0.0759. The van der Waals surface area contributed by atoms with Gasteiger partial charge >= 0.3 is 11.9 Å². The number of unbranched alkanes of at least 4 members (excludes halogenated alkanes) is 2. The van der Waals surface area contributed by atoms with E-state index in [-0.39, 0.29) is 16.4 Å². The van der Waals surface area contributed by atoms with Gasteiger partial charge in [0.25, 0.3) is 11.5 Å². The molecule has 0 saturated heterocycles. The second-order valence-corrected chi connectivity index (χ2v) is 10.3. The number of benzene rings is 1. The number of guanidine groups is 1. The molecule has 0 saturated carbocycles. The number of carboxylic acids is 1. The third-order valence-corrected chi connectivity index (χ3v) is 7.09. The van der Waals surface area contributed by atoms with E-state index in [9.17, 15) is 27.9 Å². The third kappa shape index (κ3) is 8.28. The zero-order valence-corrected chi connectivity index (χ0v) is 21.8. The summed E-state index contributed by atoms with van der Waals surface area (Å²) in [6.45, 7) is 0.485. The van der Waals surface area contributed by atoms with E-state index in [1.165, 1.54) is 40.9 Å². The molecule has 0 bridgehead atoms. The largest absolute Gasteiger partial charge is 0.492 e. The molecule has 13 nitrogen and oxygen atoms in total. The molecule has 0 aliphatic heterocycles. The lowest BCUT2D eigenvalue weighted by atomic mass is 10.2. The highest BCUT2D eigenvalue weighted by atomic mass is 32.2. The number of carbonyl (C=O) groups is 2. The van der Waals surface area contributed by atoms with E-state index in [1.807, 2.05) is 0 Å². The van der Waals surface area contributed by atoms with Gasteiger partial charge < -0.3 is 15.2 Å². The second-order valence-electron chi connectivity index (χ2n) is 8.54. The van der Waals surface area contributed by atoms with Crippen molar-refractivity contribution in [2.75, 3.05) is 19.7 Å². The smallest absolute Gasteiger partial charge is 0.338 e. The Morgan fingerprint density at radius 2 is 1.74 bits per heavy atom. The molecular weight excluding hydrogens is 528 g/mol. The Bertz CT molecular complexity index is 1500. The average molecular weight is 560 g/mol. The van der Waals surface area contributed by atoms with Crippen molar-refractivity contribution < 1.29 is 32.8 Å². The zero-order valence-electron chi connectivity index (χ0n) is 21.0. The SMILES string of the molecule is NC(N)=[NH+]CCCCCOc1ccc2ccc(C(=O)NCC(NS(=O)(=O)c3ccccc3)C(=O)O)c(=O)n2c1. The first-order chi connectivity index (χ1) is 18.6. The predicted octanol–water partition coefficient (Wildman–Crippen LogP) is -1.64. The summed E-state index contributed by atoms with van der Waals surface area (Å²) in [5, 5.41) is 11.8. The molecule has 0 aliphatic rings. The van der Waals surface area contributed by atoms with E-state index in [2.05, 4.69) is 15.0 Å². The monoisotopic (exact) mass is 559 g/mol. The van der Waals surface area contributed by atoms with Crippen LogP contribution in [-0.2, 0) is 14.8 Å². The van der Waals surface area contributed by atoms with Gasteiger partial charge in [-0.25, -0.2) is 8.42 Å². The van der Waals surface area contributed by atoms with Crippen molar-refractivity contribution in [2.24, 2.45) is 11.5 Å². The maximum atomic E-state index is 13.0. The van der Waals surface area contributed by atoms with Crippen molar-refractivity contribution >= 4 is 33.4 Å². The fourth-order valence-electron chi connectivity index (χ4n) is 3.58. The van der Waals surface area contributed by atoms with E-state index < -0.39 is 40.0 Å². The van der Waals surface area contributed by atoms with Crippen LogP contribution in [0.1, 0.15) is 29.6 Å².